The Labute approximate surface area is 143 Å². The van der Waals surface area contributed by atoms with Gasteiger partial charge in [0, 0.05) is 43.4 Å². The summed E-state index contributed by atoms with van der Waals surface area (Å²) in [6.07, 6.45) is -0.421. The van der Waals surface area contributed by atoms with Crippen LogP contribution in [0.1, 0.15) is 17.2 Å². The van der Waals surface area contributed by atoms with Gasteiger partial charge in [0.15, 0.2) is 0 Å². The molecule has 3 nitrogen and oxygen atoms in total. The van der Waals surface area contributed by atoms with E-state index in [1.807, 2.05) is 42.5 Å². The molecule has 2 aromatic rings. The largest absolute Gasteiger partial charge is 0.387 e. The third-order valence-electron chi connectivity index (χ3n) is 4.50. The Balaban J connectivity index is 1.57. The zero-order valence-electron chi connectivity index (χ0n) is 13.5. The maximum Gasteiger partial charge on any atom is 0.0916 e. The van der Waals surface area contributed by atoms with Crippen LogP contribution in [0.15, 0.2) is 48.5 Å². The number of rotatable bonds is 4. The quantitative estimate of drug-likeness (QED) is 0.929. The van der Waals surface area contributed by atoms with Crippen molar-refractivity contribution in [2.45, 2.75) is 13.0 Å². The number of aliphatic hydroxyl groups excluding tert-OH is 1. The van der Waals surface area contributed by atoms with Crippen LogP contribution >= 0.6 is 11.6 Å². The zero-order valence-corrected chi connectivity index (χ0v) is 14.2. The number of aliphatic hydroxyl groups is 1. The Bertz CT molecular complexity index is 639. The summed E-state index contributed by atoms with van der Waals surface area (Å²) in [7, 11) is 0. The number of nitrogens with zero attached hydrogens (tertiary/aromatic N) is 2. The molecule has 0 radical (unpaired) electrons. The smallest absolute Gasteiger partial charge is 0.0916 e. The summed E-state index contributed by atoms with van der Waals surface area (Å²) in [6, 6.07) is 15.9. The van der Waals surface area contributed by atoms with Gasteiger partial charge in [-0.1, -0.05) is 48.0 Å². The molecule has 1 fully saturated rings. The van der Waals surface area contributed by atoms with Crippen LogP contribution in [-0.4, -0.2) is 42.7 Å². The van der Waals surface area contributed by atoms with E-state index in [1.165, 1.54) is 11.3 Å². The van der Waals surface area contributed by atoms with Crippen LogP contribution in [0.5, 0.6) is 0 Å². The van der Waals surface area contributed by atoms with E-state index in [-0.39, 0.29) is 0 Å². The Morgan fingerprint density at radius 2 is 1.74 bits per heavy atom. The lowest BCUT2D eigenvalue weighted by Crippen LogP contribution is -2.47. The standard InChI is InChI=1S/C19H23ClN2O/c1-15-7-8-17(20)13-18(15)22-11-9-21(10-12-22)14-19(23)16-5-3-2-4-6-16/h2-8,13,19,23H,9-12,14H2,1H3. The highest BCUT2D eigenvalue weighted by Gasteiger charge is 2.21. The monoisotopic (exact) mass is 330 g/mol. The fraction of sp³-hybridized carbons (Fsp3) is 0.368. The molecule has 4 heteroatoms. The molecule has 1 saturated heterocycles. The molecule has 2 aromatic carbocycles. The fourth-order valence-corrected chi connectivity index (χ4v) is 3.29. The average molecular weight is 331 g/mol. The molecule has 0 amide bonds. The third-order valence-corrected chi connectivity index (χ3v) is 4.73. The van der Waals surface area contributed by atoms with E-state index in [4.69, 9.17) is 11.6 Å². The molecule has 0 spiro atoms. The van der Waals surface area contributed by atoms with Crippen molar-refractivity contribution >= 4 is 17.3 Å². The number of hydrogen-bond donors (Lipinski definition) is 1. The van der Waals surface area contributed by atoms with E-state index in [1.54, 1.807) is 0 Å². The van der Waals surface area contributed by atoms with Gasteiger partial charge in [0.2, 0.25) is 0 Å². The molecule has 0 aromatic heterocycles. The Morgan fingerprint density at radius 1 is 1.04 bits per heavy atom. The number of benzene rings is 2. The van der Waals surface area contributed by atoms with Gasteiger partial charge in [-0.15, -0.1) is 0 Å². The minimum Gasteiger partial charge on any atom is -0.387 e. The maximum absolute atomic E-state index is 10.4. The van der Waals surface area contributed by atoms with Crippen LogP contribution in [0.2, 0.25) is 5.02 Å². The first kappa shape index (κ1) is 16.3. The van der Waals surface area contributed by atoms with E-state index in [9.17, 15) is 5.11 Å². The number of hydrogen-bond acceptors (Lipinski definition) is 3. The van der Waals surface area contributed by atoms with Crippen molar-refractivity contribution < 1.29 is 5.11 Å². The molecule has 1 aliphatic heterocycles. The van der Waals surface area contributed by atoms with E-state index >= 15 is 0 Å². The summed E-state index contributed by atoms with van der Waals surface area (Å²) in [4.78, 5) is 4.71. The maximum atomic E-state index is 10.4. The fourth-order valence-electron chi connectivity index (χ4n) is 3.12. The van der Waals surface area contributed by atoms with Gasteiger partial charge in [0.25, 0.3) is 0 Å². The minimum atomic E-state index is -0.421. The van der Waals surface area contributed by atoms with Gasteiger partial charge in [-0.3, -0.25) is 4.90 Å². The highest BCUT2D eigenvalue weighted by Crippen LogP contribution is 2.25. The highest BCUT2D eigenvalue weighted by atomic mass is 35.5. The first-order chi connectivity index (χ1) is 11.1. The SMILES string of the molecule is Cc1ccc(Cl)cc1N1CCN(CC(O)c2ccccc2)CC1. The summed E-state index contributed by atoms with van der Waals surface area (Å²) in [5.74, 6) is 0. The van der Waals surface area contributed by atoms with Gasteiger partial charge in [-0.05, 0) is 30.2 Å². The molecule has 0 bridgehead atoms. The molecule has 0 aliphatic carbocycles. The molecule has 122 valence electrons. The number of β-amino-alcohol motifs (C(OH)–C–C–N with tert-alkyl or cyclic N) is 1. The van der Waals surface area contributed by atoms with E-state index in [0.29, 0.717) is 6.54 Å². The number of anilines is 1. The van der Waals surface area contributed by atoms with Crippen LogP contribution in [0, 0.1) is 6.92 Å². The lowest BCUT2D eigenvalue weighted by Gasteiger charge is -2.37. The third kappa shape index (κ3) is 4.05. The number of halogens is 1. The van der Waals surface area contributed by atoms with Gasteiger partial charge >= 0.3 is 0 Å². The van der Waals surface area contributed by atoms with E-state index < -0.39 is 6.10 Å². The second-order valence-corrected chi connectivity index (χ2v) is 6.58. The summed E-state index contributed by atoms with van der Waals surface area (Å²) >= 11 is 6.13. The van der Waals surface area contributed by atoms with E-state index in [2.05, 4.69) is 22.8 Å². The van der Waals surface area contributed by atoms with Crippen molar-refractivity contribution in [3.05, 3.63) is 64.7 Å². The van der Waals surface area contributed by atoms with Crippen molar-refractivity contribution in [1.82, 2.24) is 4.90 Å². The van der Waals surface area contributed by atoms with Gasteiger partial charge in [0.1, 0.15) is 0 Å². The van der Waals surface area contributed by atoms with Crippen LogP contribution in [0.4, 0.5) is 5.69 Å². The first-order valence-electron chi connectivity index (χ1n) is 8.10. The molecule has 1 unspecified atom stereocenters. The summed E-state index contributed by atoms with van der Waals surface area (Å²) < 4.78 is 0. The van der Waals surface area contributed by atoms with Gasteiger partial charge in [0.05, 0.1) is 6.10 Å². The summed E-state index contributed by atoms with van der Waals surface area (Å²) in [6.45, 7) is 6.64. The molecule has 0 saturated carbocycles. The van der Waals surface area contributed by atoms with Crippen molar-refractivity contribution in [1.29, 1.82) is 0 Å². The second kappa shape index (κ2) is 7.35. The Kier molecular flexibility index (Phi) is 5.21. The topological polar surface area (TPSA) is 26.7 Å². The lowest BCUT2D eigenvalue weighted by atomic mass is 10.1. The van der Waals surface area contributed by atoms with Crippen molar-refractivity contribution in [3.63, 3.8) is 0 Å². The van der Waals surface area contributed by atoms with Gasteiger partial charge in [-0.2, -0.15) is 0 Å². The van der Waals surface area contributed by atoms with Crippen molar-refractivity contribution in [3.8, 4) is 0 Å². The molecule has 23 heavy (non-hydrogen) atoms. The summed E-state index contributed by atoms with van der Waals surface area (Å²) in [5, 5.41) is 11.1. The zero-order chi connectivity index (χ0) is 16.2. The minimum absolute atomic E-state index is 0.421. The van der Waals surface area contributed by atoms with Crippen LogP contribution in [0.25, 0.3) is 0 Å². The Hall–Kier alpha value is -1.55. The van der Waals surface area contributed by atoms with Crippen LogP contribution < -0.4 is 4.90 Å². The number of piperazine rings is 1. The van der Waals surface area contributed by atoms with Crippen molar-refractivity contribution in [2.24, 2.45) is 0 Å². The van der Waals surface area contributed by atoms with Crippen molar-refractivity contribution in [2.75, 3.05) is 37.6 Å². The lowest BCUT2D eigenvalue weighted by molar-refractivity contribution is 0.109. The second-order valence-electron chi connectivity index (χ2n) is 6.14. The molecular formula is C19H23ClN2O. The molecular weight excluding hydrogens is 308 g/mol. The average Bonchev–Trinajstić information content (AvgIpc) is 2.58. The molecule has 1 aliphatic rings. The Morgan fingerprint density at radius 3 is 2.43 bits per heavy atom. The highest BCUT2D eigenvalue weighted by molar-refractivity contribution is 6.30. The van der Waals surface area contributed by atoms with Gasteiger partial charge < -0.3 is 10.0 Å². The van der Waals surface area contributed by atoms with Crippen LogP contribution in [0.3, 0.4) is 0 Å². The number of aryl methyl sites for hydroxylation is 1. The van der Waals surface area contributed by atoms with E-state index in [0.717, 1.165) is 36.8 Å². The van der Waals surface area contributed by atoms with Gasteiger partial charge in [-0.25, -0.2) is 0 Å². The predicted molar refractivity (Wildman–Crippen MR) is 96.2 cm³/mol. The van der Waals surface area contributed by atoms with Crippen LogP contribution in [-0.2, 0) is 0 Å². The molecule has 1 atom stereocenters. The molecule has 1 N–H and O–H groups in total. The summed E-state index contributed by atoms with van der Waals surface area (Å²) in [5.41, 5.74) is 3.47. The first-order valence-corrected chi connectivity index (χ1v) is 8.48. The molecule has 1 heterocycles. The normalized spacial score (nSPS) is 17.3. The molecule has 3 rings (SSSR count). The predicted octanol–water partition coefficient (Wildman–Crippen LogP) is 3.50.